The first kappa shape index (κ1) is 15.1. The molecule has 3 nitrogen and oxygen atoms in total. The zero-order chi connectivity index (χ0) is 15.0. The minimum atomic E-state index is -3.63. The molecule has 1 heterocycles. The van der Waals surface area contributed by atoms with Gasteiger partial charge in [-0.2, -0.15) is 4.31 Å². The summed E-state index contributed by atoms with van der Waals surface area (Å²) in [5.74, 6) is -0.461. The van der Waals surface area contributed by atoms with Crippen LogP contribution in [-0.4, -0.2) is 18.8 Å². The van der Waals surface area contributed by atoms with Crippen LogP contribution in [0.25, 0.3) is 0 Å². The molecule has 1 fully saturated rings. The van der Waals surface area contributed by atoms with Crippen molar-refractivity contribution in [3.8, 4) is 0 Å². The number of nitrogens with zero attached hydrogens (tertiary/aromatic N) is 1. The van der Waals surface area contributed by atoms with Crippen molar-refractivity contribution < 1.29 is 12.8 Å². The Bertz CT molecular complexity index is 742. The zero-order valence-electron chi connectivity index (χ0n) is 11.0. The van der Waals surface area contributed by atoms with E-state index in [2.05, 4.69) is 15.9 Å². The molecule has 1 aromatic heterocycles. The highest BCUT2D eigenvalue weighted by atomic mass is 79.9. The van der Waals surface area contributed by atoms with Crippen molar-refractivity contribution in [2.45, 2.75) is 30.3 Å². The molecule has 0 bridgehead atoms. The van der Waals surface area contributed by atoms with Gasteiger partial charge in [0.15, 0.2) is 0 Å². The Labute approximate surface area is 135 Å². The van der Waals surface area contributed by atoms with Gasteiger partial charge in [0.1, 0.15) is 5.82 Å². The van der Waals surface area contributed by atoms with Crippen molar-refractivity contribution in [2.24, 2.45) is 0 Å². The molecule has 0 radical (unpaired) electrons. The molecule has 3 rings (SSSR count). The molecule has 0 atom stereocenters. The summed E-state index contributed by atoms with van der Waals surface area (Å²) in [5, 5.41) is 1.93. The Morgan fingerprint density at radius 2 is 2.10 bits per heavy atom. The van der Waals surface area contributed by atoms with E-state index < -0.39 is 15.8 Å². The van der Waals surface area contributed by atoms with Crippen molar-refractivity contribution in [2.75, 3.05) is 0 Å². The number of sulfonamides is 1. The summed E-state index contributed by atoms with van der Waals surface area (Å²) >= 11 is 4.69. The van der Waals surface area contributed by atoms with E-state index in [1.54, 1.807) is 0 Å². The van der Waals surface area contributed by atoms with Crippen molar-refractivity contribution in [3.63, 3.8) is 0 Å². The lowest BCUT2D eigenvalue weighted by Crippen LogP contribution is -2.32. The third-order valence-electron chi connectivity index (χ3n) is 3.33. The van der Waals surface area contributed by atoms with Gasteiger partial charge in [0.25, 0.3) is 0 Å². The molecule has 21 heavy (non-hydrogen) atoms. The summed E-state index contributed by atoms with van der Waals surface area (Å²) < 4.78 is 40.7. The first-order valence-corrected chi connectivity index (χ1v) is 9.59. The van der Waals surface area contributed by atoms with Crippen molar-refractivity contribution in [1.82, 2.24) is 4.31 Å². The van der Waals surface area contributed by atoms with Crippen LogP contribution < -0.4 is 0 Å². The molecular weight excluding hydrogens is 377 g/mol. The van der Waals surface area contributed by atoms with Gasteiger partial charge < -0.3 is 0 Å². The molecule has 2 aromatic rings. The van der Waals surface area contributed by atoms with E-state index in [1.165, 1.54) is 33.8 Å². The van der Waals surface area contributed by atoms with Gasteiger partial charge in [0.2, 0.25) is 10.0 Å². The molecule has 1 aliphatic rings. The topological polar surface area (TPSA) is 37.4 Å². The summed E-state index contributed by atoms with van der Waals surface area (Å²) in [6, 6.07) is 7.56. The molecule has 1 aromatic carbocycles. The molecule has 1 aliphatic carbocycles. The first-order chi connectivity index (χ1) is 9.98. The molecule has 7 heteroatoms. The predicted octanol–water partition coefficient (Wildman–Crippen LogP) is 4.00. The number of benzene rings is 1. The Kier molecular flexibility index (Phi) is 4.18. The summed E-state index contributed by atoms with van der Waals surface area (Å²) in [7, 11) is -3.63. The van der Waals surface area contributed by atoms with Crippen LogP contribution in [0.3, 0.4) is 0 Å². The summed E-state index contributed by atoms with van der Waals surface area (Å²) in [6.45, 7) is 0.370. The molecular formula is C14H13BrFNO2S2. The SMILES string of the molecule is O=S(=O)(c1ccc(F)cc1Br)N(Cc1cccs1)C1CC1. The lowest BCUT2D eigenvalue weighted by molar-refractivity contribution is 0.401. The minimum absolute atomic E-state index is 0.0500. The average molecular weight is 390 g/mol. The second-order valence-electron chi connectivity index (χ2n) is 4.94. The van der Waals surface area contributed by atoms with Gasteiger partial charge in [-0.3, -0.25) is 0 Å². The largest absolute Gasteiger partial charge is 0.244 e. The molecule has 0 saturated heterocycles. The Morgan fingerprint density at radius 1 is 1.33 bits per heavy atom. The van der Waals surface area contributed by atoms with Crippen molar-refractivity contribution in [3.05, 3.63) is 50.9 Å². The van der Waals surface area contributed by atoms with Gasteiger partial charge >= 0.3 is 0 Å². The fourth-order valence-electron chi connectivity index (χ4n) is 2.14. The summed E-state index contributed by atoms with van der Waals surface area (Å²) in [5.41, 5.74) is 0. The normalized spacial score (nSPS) is 15.6. The van der Waals surface area contributed by atoms with Crippen LogP contribution >= 0.6 is 27.3 Å². The fraction of sp³-hybridized carbons (Fsp3) is 0.286. The standard InChI is InChI=1S/C14H13BrFNO2S2/c15-13-8-10(16)3-6-14(13)21(18,19)17(11-4-5-11)9-12-2-1-7-20-12/h1-3,6-8,11H,4-5,9H2. The van der Waals surface area contributed by atoms with Gasteiger partial charge in [0, 0.05) is 21.9 Å². The van der Waals surface area contributed by atoms with Gasteiger partial charge in [0.05, 0.1) is 4.90 Å². The smallest absolute Gasteiger partial charge is 0.207 e. The van der Waals surface area contributed by atoms with Crippen molar-refractivity contribution in [1.29, 1.82) is 0 Å². The quantitative estimate of drug-likeness (QED) is 0.774. The van der Waals surface area contributed by atoms with Gasteiger partial charge in [-0.1, -0.05) is 6.07 Å². The maximum Gasteiger partial charge on any atom is 0.244 e. The predicted molar refractivity (Wildman–Crippen MR) is 84.2 cm³/mol. The maximum atomic E-state index is 13.2. The highest BCUT2D eigenvalue weighted by Gasteiger charge is 2.39. The third kappa shape index (κ3) is 3.21. The maximum absolute atomic E-state index is 13.2. The minimum Gasteiger partial charge on any atom is -0.207 e. The average Bonchev–Trinajstić information content (AvgIpc) is 3.11. The molecule has 112 valence electrons. The fourth-order valence-corrected chi connectivity index (χ4v) is 5.60. The van der Waals surface area contributed by atoms with E-state index in [0.717, 1.165) is 17.7 Å². The molecule has 0 amide bonds. The summed E-state index contributed by atoms with van der Waals surface area (Å²) in [4.78, 5) is 1.12. The summed E-state index contributed by atoms with van der Waals surface area (Å²) in [6.07, 6.45) is 1.76. The Hall–Kier alpha value is -0.760. The highest BCUT2D eigenvalue weighted by Crippen LogP contribution is 2.36. The molecule has 1 saturated carbocycles. The Balaban J connectivity index is 1.97. The number of hydrogen-bond acceptors (Lipinski definition) is 3. The second-order valence-corrected chi connectivity index (χ2v) is 8.68. The van der Waals surface area contributed by atoms with Gasteiger partial charge in [-0.05, 0) is 58.4 Å². The van der Waals surface area contributed by atoms with Crippen LogP contribution in [0.5, 0.6) is 0 Å². The monoisotopic (exact) mass is 389 g/mol. The lowest BCUT2D eigenvalue weighted by Gasteiger charge is -2.22. The van der Waals surface area contributed by atoms with Crippen LogP contribution in [0.4, 0.5) is 4.39 Å². The highest BCUT2D eigenvalue weighted by molar-refractivity contribution is 9.10. The van der Waals surface area contributed by atoms with E-state index in [9.17, 15) is 12.8 Å². The van der Waals surface area contributed by atoms with E-state index in [1.807, 2.05) is 17.5 Å². The molecule has 0 spiro atoms. The van der Waals surface area contributed by atoms with Crippen molar-refractivity contribution >= 4 is 37.3 Å². The van der Waals surface area contributed by atoms with Crippen LogP contribution in [0.15, 0.2) is 45.1 Å². The van der Waals surface area contributed by atoms with E-state index in [-0.39, 0.29) is 15.4 Å². The number of halogens is 2. The molecule has 0 unspecified atom stereocenters. The first-order valence-electron chi connectivity index (χ1n) is 6.48. The van der Waals surface area contributed by atoms with Crippen LogP contribution in [0.2, 0.25) is 0 Å². The lowest BCUT2D eigenvalue weighted by atomic mass is 10.3. The van der Waals surface area contributed by atoms with Crippen LogP contribution in [-0.2, 0) is 16.6 Å². The zero-order valence-corrected chi connectivity index (χ0v) is 14.2. The second kappa shape index (κ2) is 5.79. The third-order valence-corrected chi connectivity index (χ3v) is 7.06. The van der Waals surface area contributed by atoms with E-state index in [4.69, 9.17) is 0 Å². The van der Waals surface area contributed by atoms with E-state index >= 15 is 0 Å². The Morgan fingerprint density at radius 3 is 2.67 bits per heavy atom. The van der Waals surface area contributed by atoms with E-state index in [0.29, 0.717) is 6.54 Å². The van der Waals surface area contributed by atoms with Gasteiger partial charge in [-0.25, -0.2) is 12.8 Å². The number of thiophene rings is 1. The molecule has 0 aliphatic heterocycles. The number of hydrogen-bond donors (Lipinski definition) is 0. The van der Waals surface area contributed by atoms with Crippen LogP contribution in [0.1, 0.15) is 17.7 Å². The van der Waals surface area contributed by atoms with Gasteiger partial charge in [-0.15, -0.1) is 11.3 Å². The number of rotatable bonds is 5. The van der Waals surface area contributed by atoms with Crippen LogP contribution in [0, 0.1) is 5.82 Å². The molecule has 0 N–H and O–H groups in total.